The van der Waals surface area contributed by atoms with Gasteiger partial charge < -0.3 is 28.8 Å². The highest BCUT2D eigenvalue weighted by molar-refractivity contribution is 6.92. The Morgan fingerprint density at radius 3 is 2.34 bits per heavy atom. The molecule has 0 radical (unpaired) electrons. The second-order valence-electron chi connectivity index (χ2n) is 16.1. The Hall–Kier alpha value is -4.43. The van der Waals surface area contributed by atoms with Crippen LogP contribution in [0.4, 0.5) is 15.3 Å². The van der Waals surface area contributed by atoms with Crippen LogP contribution in [0.1, 0.15) is 84.4 Å². The van der Waals surface area contributed by atoms with E-state index >= 15 is 0 Å². The third kappa shape index (κ3) is 8.38. The molecule has 3 aromatic rings. The summed E-state index contributed by atoms with van der Waals surface area (Å²) in [6, 6.07) is 8.09. The molecule has 0 fully saturated rings. The van der Waals surface area contributed by atoms with Crippen molar-refractivity contribution in [3.05, 3.63) is 51.3 Å². The summed E-state index contributed by atoms with van der Waals surface area (Å²) in [5.41, 5.74) is 0.0346. The van der Waals surface area contributed by atoms with Gasteiger partial charge in [-0.25, -0.2) is 19.4 Å². The lowest BCUT2D eigenvalue weighted by Crippen LogP contribution is -2.47. The van der Waals surface area contributed by atoms with Crippen LogP contribution in [0.25, 0.3) is 22.3 Å². The monoisotopic (exact) mass is 768 g/mol. The molecule has 5 rings (SSSR count). The average Bonchev–Trinajstić information content (AvgIpc) is 3.40. The number of halogens is 1. The van der Waals surface area contributed by atoms with Crippen LogP contribution in [0.2, 0.25) is 19.1 Å². The molecule has 0 saturated carbocycles. The summed E-state index contributed by atoms with van der Waals surface area (Å²) in [7, 11) is -2.28. The number of nitrogens with zero attached hydrogens (tertiary/aromatic N) is 2. The van der Waals surface area contributed by atoms with Crippen LogP contribution in [-0.2, 0) is 47.3 Å². The summed E-state index contributed by atoms with van der Waals surface area (Å²) in [6.45, 7) is 16.6. The number of benzene rings is 1. The normalized spacial score (nSPS) is 16.6. The zero-order chi connectivity index (χ0) is 39.1. The Morgan fingerprint density at radius 2 is 1.70 bits per heavy atom. The van der Waals surface area contributed by atoms with Gasteiger partial charge in [0.2, 0.25) is 5.60 Å². The maximum absolute atomic E-state index is 14.3. The largest absolute Gasteiger partial charge is 0.457 e. The summed E-state index contributed by atoms with van der Waals surface area (Å²) < 4.78 is 23.7. The molecule has 0 unspecified atom stereocenters. The van der Waals surface area contributed by atoms with Gasteiger partial charge >= 0.3 is 24.1 Å². The topological polar surface area (TPSA) is 164 Å². The molecule has 15 heteroatoms. The average molecular weight is 769 g/mol. The predicted molar refractivity (Wildman–Crippen MR) is 204 cm³/mol. The Bertz CT molecular complexity index is 2030. The van der Waals surface area contributed by atoms with E-state index in [0.717, 1.165) is 28.6 Å². The van der Waals surface area contributed by atoms with Crippen LogP contribution < -0.4 is 21.4 Å². The summed E-state index contributed by atoms with van der Waals surface area (Å²) in [5.74, 6) is -1.04. The number of amides is 2. The smallest absolute Gasteiger partial charge is 0.412 e. The van der Waals surface area contributed by atoms with Gasteiger partial charge in [0.1, 0.15) is 17.8 Å². The summed E-state index contributed by atoms with van der Waals surface area (Å²) in [6.07, 6.45) is -0.717. The quantitative estimate of drug-likeness (QED) is 0.0795. The lowest BCUT2D eigenvalue weighted by molar-refractivity contribution is -0.189. The maximum Gasteiger partial charge on any atom is 0.412 e. The van der Waals surface area contributed by atoms with Crippen molar-refractivity contribution in [1.82, 2.24) is 14.9 Å². The Labute approximate surface area is 315 Å². The number of carbonyl (C=O) groups is 4. The molecule has 4 heterocycles. The van der Waals surface area contributed by atoms with E-state index in [-0.39, 0.29) is 49.2 Å². The highest BCUT2D eigenvalue weighted by Crippen LogP contribution is 2.41. The lowest BCUT2D eigenvalue weighted by atomic mass is 9.85. The van der Waals surface area contributed by atoms with Crippen molar-refractivity contribution in [2.75, 3.05) is 17.7 Å². The van der Waals surface area contributed by atoms with Crippen LogP contribution in [-0.4, -0.2) is 65.4 Å². The van der Waals surface area contributed by atoms with Gasteiger partial charge in [0.05, 0.1) is 43.5 Å². The van der Waals surface area contributed by atoms with E-state index in [1.54, 1.807) is 65.2 Å². The number of anilines is 1. The van der Waals surface area contributed by atoms with Crippen LogP contribution in [0, 0.1) is 0 Å². The highest BCUT2D eigenvalue weighted by atomic mass is 35.5. The van der Waals surface area contributed by atoms with E-state index in [9.17, 15) is 24.0 Å². The molecule has 1 atom stereocenters. The number of pyridine rings is 2. The Kier molecular flexibility index (Phi) is 11.1. The van der Waals surface area contributed by atoms with Crippen molar-refractivity contribution in [2.24, 2.45) is 0 Å². The number of esters is 2. The number of ether oxygens (including phenoxy) is 4. The number of fused-ring (bicyclic) bond motifs is 5. The van der Waals surface area contributed by atoms with Crippen molar-refractivity contribution in [3.63, 3.8) is 0 Å². The molecule has 2 N–H and O–H groups in total. The van der Waals surface area contributed by atoms with Gasteiger partial charge in [-0.2, -0.15) is 0 Å². The minimum atomic E-state index is -2.28. The number of rotatable bonds is 10. The van der Waals surface area contributed by atoms with Crippen molar-refractivity contribution >= 4 is 65.6 Å². The third-order valence-electron chi connectivity index (χ3n) is 9.20. The van der Waals surface area contributed by atoms with Crippen molar-refractivity contribution in [2.45, 2.75) is 117 Å². The third-order valence-corrected chi connectivity index (χ3v) is 13.0. The van der Waals surface area contributed by atoms with Gasteiger partial charge in [0.25, 0.3) is 5.56 Å². The molecule has 2 aromatic heterocycles. The molecule has 286 valence electrons. The number of alkyl halides is 1. The zero-order valence-corrected chi connectivity index (χ0v) is 33.7. The van der Waals surface area contributed by atoms with E-state index in [1.165, 1.54) is 0 Å². The molecule has 0 spiro atoms. The fraction of sp³-hybridized carbons (Fsp3) is 0.526. The molecule has 0 aliphatic carbocycles. The van der Waals surface area contributed by atoms with Gasteiger partial charge in [-0.3, -0.25) is 14.9 Å². The first kappa shape index (κ1) is 39.8. The maximum atomic E-state index is 14.3. The van der Waals surface area contributed by atoms with Gasteiger partial charge in [0, 0.05) is 29.1 Å². The molecule has 0 saturated heterocycles. The second-order valence-corrected chi connectivity index (χ2v) is 21.2. The number of cyclic esters (lactones) is 1. The fourth-order valence-corrected chi connectivity index (χ4v) is 10.6. The molecule has 1 aromatic carbocycles. The standard InChI is InChI=1S/C38H49ClN4O9Si/c1-10-38(50-29(44)14-16-40-34(47)51-36(2,3)4)26-19-28-30-24(20-43(28)32(45)25(26)21-49-33(38)46)31(53(8,9)17-11-15-39)23-18-22(12-13-27(23)42-30)41-35(48)52-37(5,6)7/h12-13,18-19H,10-11,14-17,20-21H2,1-9H3,(H,40,47)(H,41,48)/t38-/m0/s1. The number of aromatic nitrogens is 2. The van der Waals surface area contributed by atoms with E-state index in [2.05, 4.69) is 23.7 Å². The van der Waals surface area contributed by atoms with Crippen molar-refractivity contribution < 1.29 is 38.1 Å². The number of carbonyl (C=O) groups excluding carboxylic acids is 4. The van der Waals surface area contributed by atoms with Gasteiger partial charge in [-0.15, -0.1) is 11.6 Å². The molecule has 2 aliphatic heterocycles. The molecular weight excluding hydrogens is 720 g/mol. The number of hydrogen-bond acceptors (Lipinski definition) is 10. The lowest BCUT2D eigenvalue weighted by Gasteiger charge is -2.35. The van der Waals surface area contributed by atoms with E-state index in [1.807, 2.05) is 12.1 Å². The first-order valence-electron chi connectivity index (χ1n) is 17.9. The van der Waals surface area contributed by atoms with Crippen LogP contribution in [0.15, 0.2) is 29.1 Å². The zero-order valence-electron chi connectivity index (χ0n) is 31.9. The van der Waals surface area contributed by atoms with E-state index in [4.69, 9.17) is 35.5 Å². The van der Waals surface area contributed by atoms with Crippen LogP contribution in [0.5, 0.6) is 0 Å². The second kappa shape index (κ2) is 14.8. The molecule has 2 aliphatic rings. The Morgan fingerprint density at radius 1 is 1.02 bits per heavy atom. The minimum absolute atomic E-state index is 0.00200. The number of hydrogen-bond donors (Lipinski definition) is 2. The molecule has 53 heavy (non-hydrogen) atoms. The molecule has 0 bridgehead atoms. The van der Waals surface area contributed by atoms with Gasteiger partial charge in [-0.05, 0) is 89.4 Å². The fourth-order valence-electron chi connectivity index (χ4n) is 6.97. The number of alkyl carbamates (subject to hydrolysis) is 1. The SMILES string of the molecule is CC[C@@]1(OC(=O)CCNC(=O)OC(C)(C)C)C(=O)OCc2c1cc1n(c2=O)Cc2c-1nc1ccc(NC(=O)OC(C)(C)C)cc1c2[Si](C)(C)CCCCl. The predicted octanol–water partition coefficient (Wildman–Crippen LogP) is 6.44. The van der Waals surface area contributed by atoms with Gasteiger partial charge in [0.15, 0.2) is 0 Å². The molecule has 2 amide bonds. The van der Waals surface area contributed by atoms with E-state index < -0.39 is 49.0 Å². The molecular formula is C38H49ClN4O9Si. The van der Waals surface area contributed by atoms with Crippen LogP contribution >= 0.6 is 11.6 Å². The van der Waals surface area contributed by atoms with Crippen LogP contribution in [0.3, 0.4) is 0 Å². The molecule has 13 nitrogen and oxygen atoms in total. The van der Waals surface area contributed by atoms with Crippen molar-refractivity contribution in [3.8, 4) is 11.4 Å². The first-order chi connectivity index (χ1) is 24.7. The van der Waals surface area contributed by atoms with E-state index in [0.29, 0.717) is 28.5 Å². The first-order valence-corrected chi connectivity index (χ1v) is 21.6. The summed E-state index contributed by atoms with van der Waals surface area (Å²) >= 11 is 6.19. The summed E-state index contributed by atoms with van der Waals surface area (Å²) in [5, 5.41) is 7.32. The number of nitrogens with one attached hydrogen (secondary N) is 2. The highest BCUT2D eigenvalue weighted by Gasteiger charge is 2.50. The Balaban J connectivity index is 1.58. The van der Waals surface area contributed by atoms with Gasteiger partial charge in [-0.1, -0.05) is 26.1 Å². The minimum Gasteiger partial charge on any atom is -0.457 e. The van der Waals surface area contributed by atoms with Crippen molar-refractivity contribution in [1.29, 1.82) is 0 Å². The summed E-state index contributed by atoms with van der Waals surface area (Å²) in [4.78, 5) is 70.9.